The van der Waals surface area contributed by atoms with Gasteiger partial charge in [-0.3, -0.25) is 0 Å². The van der Waals surface area contributed by atoms with Crippen LogP contribution in [0.1, 0.15) is 0 Å². The maximum absolute atomic E-state index is 8.36. The van der Waals surface area contributed by atoms with E-state index in [9.17, 15) is 0 Å². The van der Waals surface area contributed by atoms with Crippen LogP contribution < -0.4 is 0 Å². The fourth-order valence-corrected chi connectivity index (χ4v) is 0.786. The van der Waals surface area contributed by atoms with E-state index in [1.807, 2.05) is 24.3 Å². The van der Waals surface area contributed by atoms with Crippen LogP contribution in [0.2, 0.25) is 0 Å². The zero-order chi connectivity index (χ0) is 9.68. The van der Waals surface area contributed by atoms with E-state index in [2.05, 4.69) is 15.4 Å². The van der Waals surface area contributed by atoms with Crippen molar-refractivity contribution < 1.29 is 10.3 Å². The van der Waals surface area contributed by atoms with E-state index in [-0.39, 0.29) is 0 Å². The highest BCUT2D eigenvalue weighted by Gasteiger charge is 1.90. The van der Waals surface area contributed by atoms with Gasteiger partial charge in [0.25, 0.3) is 5.09 Å². The Hall–Kier alpha value is -2.18. The summed E-state index contributed by atoms with van der Waals surface area (Å²) in [5.41, 5.74) is 1.83. The molecule has 0 unspecified atom stereocenters. The van der Waals surface area contributed by atoms with Gasteiger partial charge in [0, 0.05) is 0 Å². The minimum absolute atomic E-state index is 0.914. The van der Waals surface area contributed by atoms with Gasteiger partial charge in [0.1, 0.15) is 11.0 Å². The molecule has 1 heterocycles. The minimum Gasteiger partial charge on any atom is -0.328 e. The maximum Gasteiger partial charge on any atom is 0.291 e. The molecule has 0 bridgehead atoms. The Balaban J connectivity index is 0.000000184. The molecule has 0 saturated carbocycles. The van der Waals surface area contributed by atoms with Gasteiger partial charge in [-0.05, 0) is 12.1 Å². The first-order chi connectivity index (χ1) is 6.20. The van der Waals surface area contributed by atoms with E-state index >= 15 is 0 Å². The molecule has 0 atom stereocenters. The van der Waals surface area contributed by atoms with Gasteiger partial charge in [-0.1, -0.05) is 12.1 Å². The second-order valence-corrected chi connectivity index (χ2v) is 2.05. The number of H-pyrrole nitrogens is 1. The molecule has 7 nitrogen and oxygen atoms in total. The van der Waals surface area contributed by atoms with Crippen LogP contribution in [0.25, 0.3) is 11.0 Å². The number of benzene rings is 1. The Bertz CT molecular complexity index is 365. The molecule has 13 heavy (non-hydrogen) atoms. The van der Waals surface area contributed by atoms with Crippen molar-refractivity contribution in [2.75, 3.05) is 0 Å². The Morgan fingerprint density at radius 2 is 1.69 bits per heavy atom. The first-order valence-electron chi connectivity index (χ1n) is 3.29. The van der Waals surface area contributed by atoms with Crippen molar-refractivity contribution in [1.29, 1.82) is 0 Å². The van der Waals surface area contributed by atoms with Gasteiger partial charge in [0.05, 0.1) is 0 Å². The molecule has 0 aliphatic heterocycles. The van der Waals surface area contributed by atoms with Crippen LogP contribution in [0.5, 0.6) is 0 Å². The smallest absolute Gasteiger partial charge is 0.291 e. The number of aromatic nitrogens is 3. The van der Waals surface area contributed by atoms with Gasteiger partial charge in [-0.2, -0.15) is 15.4 Å². The van der Waals surface area contributed by atoms with Crippen molar-refractivity contribution in [3.63, 3.8) is 0 Å². The van der Waals surface area contributed by atoms with E-state index in [1.54, 1.807) is 0 Å². The van der Waals surface area contributed by atoms with Crippen molar-refractivity contribution in [2.45, 2.75) is 0 Å². The highest BCUT2D eigenvalue weighted by molar-refractivity contribution is 5.72. The molecule has 2 N–H and O–H groups in total. The molecule has 0 aliphatic rings. The molecule has 1 aromatic carbocycles. The average molecular weight is 182 g/mol. The number of nitrogens with one attached hydrogen (secondary N) is 1. The fraction of sp³-hybridized carbons (Fsp3) is 0. The van der Waals surface area contributed by atoms with Gasteiger partial charge in [0.15, 0.2) is 0 Å². The number of nitrogens with zero attached hydrogens (tertiary/aromatic N) is 3. The normalized spacial score (nSPS) is 8.92. The molecule has 0 spiro atoms. The monoisotopic (exact) mass is 182 g/mol. The van der Waals surface area contributed by atoms with E-state index < -0.39 is 5.09 Å². The van der Waals surface area contributed by atoms with E-state index in [1.165, 1.54) is 0 Å². The van der Waals surface area contributed by atoms with Crippen LogP contribution in [0.4, 0.5) is 0 Å². The molecule has 68 valence electrons. The minimum atomic E-state index is -1.50. The van der Waals surface area contributed by atoms with Crippen LogP contribution in [0.3, 0.4) is 0 Å². The summed E-state index contributed by atoms with van der Waals surface area (Å²) in [4.78, 5) is 8.36. The van der Waals surface area contributed by atoms with E-state index in [4.69, 9.17) is 15.3 Å². The molecule has 7 heteroatoms. The van der Waals surface area contributed by atoms with E-state index in [0.717, 1.165) is 11.0 Å². The third-order valence-corrected chi connectivity index (χ3v) is 1.22. The summed E-state index contributed by atoms with van der Waals surface area (Å²) in [5, 5.41) is 23.9. The maximum atomic E-state index is 8.36. The lowest BCUT2D eigenvalue weighted by Gasteiger charge is -1.78. The molecule has 0 fully saturated rings. The summed E-state index contributed by atoms with van der Waals surface area (Å²) in [6.45, 7) is 0. The number of aromatic amines is 1. The highest BCUT2D eigenvalue weighted by Crippen LogP contribution is 2.03. The number of rotatable bonds is 0. The fourth-order valence-electron chi connectivity index (χ4n) is 0.786. The van der Waals surface area contributed by atoms with Crippen LogP contribution in [-0.2, 0) is 0 Å². The van der Waals surface area contributed by atoms with Crippen molar-refractivity contribution >= 4 is 11.0 Å². The van der Waals surface area contributed by atoms with Crippen molar-refractivity contribution in [3.8, 4) is 0 Å². The van der Waals surface area contributed by atoms with Crippen LogP contribution in [0, 0.1) is 10.1 Å². The summed E-state index contributed by atoms with van der Waals surface area (Å²) in [6.07, 6.45) is 0. The first kappa shape index (κ1) is 8.91. The van der Waals surface area contributed by atoms with Crippen LogP contribution >= 0.6 is 0 Å². The molecular formula is C6H6N4O3. The standard InChI is InChI=1S/C6H5N3.HNO3/c1-2-4-6-5(3-1)7-9-8-6;2-1(3)4/h1-4H,(H,7,8,9);(H,2,3,4). The Morgan fingerprint density at radius 1 is 1.31 bits per heavy atom. The average Bonchev–Trinajstić information content (AvgIpc) is 2.49. The predicted molar refractivity (Wildman–Crippen MR) is 42.7 cm³/mol. The third-order valence-electron chi connectivity index (χ3n) is 1.22. The molecule has 1 aromatic heterocycles. The van der Waals surface area contributed by atoms with Gasteiger partial charge in [-0.15, -0.1) is 10.1 Å². The Labute approximate surface area is 72.1 Å². The lowest BCUT2D eigenvalue weighted by atomic mass is 10.3. The van der Waals surface area contributed by atoms with Gasteiger partial charge in [-0.25, -0.2) is 0 Å². The number of hydrogen-bond acceptors (Lipinski definition) is 4. The second kappa shape index (κ2) is 4.00. The quantitative estimate of drug-likeness (QED) is 0.458. The summed E-state index contributed by atoms with van der Waals surface area (Å²) in [5.74, 6) is 0. The lowest BCUT2D eigenvalue weighted by molar-refractivity contribution is -0.742. The number of fused-ring (bicyclic) bond motifs is 1. The zero-order valence-corrected chi connectivity index (χ0v) is 6.41. The zero-order valence-electron chi connectivity index (χ0n) is 6.41. The molecule has 2 rings (SSSR count). The van der Waals surface area contributed by atoms with Gasteiger partial charge >= 0.3 is 0 Å². The summed E-state index contributed by atoms with van der Waals surface area (Å²) >= 11 is 0. The number of para-hydroxylation sites is 2. The molecule has 0 radical (unpaired) electrons. The number of hydrogen-bond donors (Lipinski definition) is 2. The largest absolute Gasteiger partial charge is 0.328 e. The Kier molecular flexibility index (Phi) is 2.74. The van der Waals surface area contributed by atoms with Crippen LogP contribution in [-0.4, -0.2) is 25.7 Å². The Morgan fingerprint density at radius 3 is 2.08 bits per heavy atom. The molecule has 0 saturated heterocycles. The molecular weight excluding hydrogens is 176 g/mol. The lowest BCUT2D eigenvalue weighted by Crippen LogP contribution is -1.81. The molecule has 0 aliphatic carbocycles. The summed E-state index contributed by atoms with van der Waals surface area (Å²) in [6, 6.07) is 7.70. The highest BCUT2D eigenvalue weighted by atomic mass is 16.9. The molecule has 2 aromatic rings. The van der Waals surface area contributed by atoms with E-state index in [0.29, 0.717) is 0 Å². The van der Waals surface area contributed by atoms with Crippen molar-refractivity contribution in [3.05, 3.63) is 34.4 Å². The third kappa shape index (κ3) is 2.73. The second-order valence-electron chi connectivity index (χ2n) is 2.05. The van der Waals surface area contributed by atoms with Gasteiger partial charge < -0.3 is 5.21 Å². The van der Waals surface area contributed by atoms with Crippen molar-refractivity contribution in [1.82, 2.24) is 15.4 Å². The summed E-state index contributed by atoms with van der Waals surface area (Å²) < 4.78 is 0. The van der Waals surface area contributed by atoms with Crippen LogP contribution in [0.15, 0.2) is 24.3 Å². The first-order valence-corrected chi connectivity index (χ1v) is 3.29. The molecule has 0 amide bonds. The topological polar surface area (TPSA) is 105 Å². The summed E-state index contributed by atoms with van der Waals surface area (Å²) in [7, 11) is 0. The predicted octanol–water partition coefficient (Wildman–Crippen LogP) is 0.610. The van der Waals surface area contributed by atoms with Crippen molar-refractivity contribution in [2.24, 2.45) is 0 Å². The SMILES string of the molecule is O=[N+]([O-])O.c1ccc2n[nH]nc2c1. The van der Waals surface area contributed by atoms with Gasteiger partial charge in [0.2, 0.25) is 0 Å².